The molecule has 116 valence electrons. The topological polar surface area (TPSA) is 72.3 Å². The number of carbonyl (C=O) groups is 1. The molecule has 2 aromatic rings. The van der Waals surface area contributed by atoms with Crippen LogP contribution in [0.1, 0.15) is 16.2 Å². The maximum atomic E-state index is 14.2. The largest absolute Gasteiger partial charge is 0.476 e. The molecule has 0 aliphatic heterocycles. The summed E-state index contributed by atoms with van der Waals surface area (Å²) in [6.07, 6.45) is 1.05. The quantitative estimate of drug-likeness (QED) is 0.927. The first-order chi connectivity index (χ1) is 10.3. The third-order valence-electron chi connectivity index (χ3n) is 2.69. The van der Waals surface area contributed by atoms with Gasteiger partial charge in [0.25, 0.3) is 0 Å². The molecule has 0 aliphatic rings. The van der Waals surface area contributed by atoms with Crippen LogP contribution in [0.5, 0.6) is 5.75 Å². The van der Waals surface area contributed by atoms with Crippen LogP contribution in [0, 0.1) is 12.7 Å². The average Bonchev–Trinajstić information content (AvgIpc) is 2.43. The molecule has 0 saturated heterocycles. The van der Waals surface area contributed by atoms with Crippen molar-refractivity contribution in [1.82, 2.24) is 9.97 Å². The molecule has 1 heterocycles. The summed E-state index contributed by atoms with van der Waals surface area (Å²) < 4.78 is 43.2. The third-order valence-corrected chi connectivity index (χ3v) is 2.98. The van der Waals surface area contributed by atoms with E-state index >= 15 is 0 Å². The van der Waals surface area contributed by atoms with Gasteiger partial charge in [0.2, 0.25) is 0 Å². The van der Waals surface area contributed by atoms with Crippen molar-refractivity contribution in [3.8, 4) is 17.0 Å². The highest BCUT2D eigenvalue weighted by Gasteiger charge is 2.21. The Labute approximate surface area is 127 Å². The van der Waals surface area contributed by atoms with E-state index < -0.39 is 35.4 Å². The Morgan fingerprint density at radius 2 is 2.09 bits per heavy atom. The molecule has 0 aliphatic carbocycles. The van der Waals surface area contributed by atoms with E-state index in [0.29, 0.717) is 0 Å². The van der Waals surface area contributed by atoms with Crippen molar-refractivity contribution in [1.29, 1.82) is 0 Å². The molecule has 1 aromatic heterocycles. The molecular weight excluding hydrogens is 325 g/mol. The number of hydrogen-bond acceptors (Lipinski definition) is 4. The van der Waals surface area contributed by atoms with E-state index in [1.54, 1.807) is 0 Å². The minimum Gasteiger partial charge on any atom is -0.476 e. The van der Waals surface area contributed by atoms with Gasteiger partial charge < -0.3 is 9.84 Å². The average molecular weight is 333 g/mol. The molecule has 0 bridgehead atoms. The third kappa shape index (κ3) is 3.11. The molecule has 0 atom stereocenters. The van der Waals surface area contributed by atoms with Crippen molar-refractivity contribution in [2.45, 2.75) is 13.5 Å². The zero-order valence-electron chi connectivity index (χ0n) is 11.0. The molecule has 1 N–H and O–H groups in total. The number of alkyl halides is 2. The molecule has 0 radical (unpaired) electrons. The SMILES string of the molecule is Cc1ncc(-c2c(OC(F)F)ccc(Cl)c2F)nc1C(=O)O. The smallest absolute Gasteiger partial charge is 0.387 e. The molecular formula is C13H8ClF3N2O3. The summed E-state index contributed by atoms with van der Waals surface area (Å²) in [6.45, 7) is -1.80. The zero-order valence-corrected chi connectivity index (χ0v) is 11.7. The van der Waals surface area contributed by atoms with Crippen molar-refractivity contribution >= 4 is 17.6 Å². The van der Waals surface area contributed by atoms with Gasteiger partial charge in [-0.25, -0.2) is 14.2 Å². The molecule has 9 heteroatoms. The maximum Gasteiger partial charge on any atom is 0.387 e. The number of ether oxygens (including phenoxy) is 1. The normalized spacial score (nSPS) is 10.8. The van der Waals surface area contributed by atoms with Crippen LogP contribution in [0.15, 0.2) is 18.3 Å². The van der Waals surface area contributed by atoms with Gasteiger partial charge in [-0.2, -0.15) is 8.78 Å². The van der Waals surface area contributed by atoms with Crippen LogP contribution in [-0.4, -0.2) is 27.7 Å². The van der Waals surface area contributed by atoms with Crippen LogP contribution in [0.3, 0.4) is 0 Å². The second-order valence-corrected chi connectivity index (χ2v) is 4.51. The minimum absolute atomic E-state index is 0.0926. The number of carboxylic acids is 1. The molecule has 0 fully saturated rings. The van der Waals surface area contributed by atoms with Crippen molar-refractivity contribution in [3.63, 3.8) is 0 Å². The van der Waals surface area contributed by atoms with Crippen LogP contribution < -0.4 is 4.74 Å². The van der Waals surface area contributed by atoms with Gasteiger partial charge in [0.15, 0.2) is 11.5 Å². The van der Waals surface area contributed by atoms with E-state index in [9.17, 15) is 18.0 Å². The molecule has 0 amide bonds. The predicted molar refractivity (Wildman–Crippen MR) is 70.8 cm³/mol. The van der Waals surface area contributed by atoms with Gasteiger partial charge in [0, 0.05) is 0 Å². The molecule has 0 saturated carbocycles. The Balaban J connectivity index is 2.68. The first-order valence-corrected chi connectivity index (χ1v) is 6.19. The fourth-order valence-electron chi connectivity index (χ4n) is 1.74. The van der Waals surface area contributed by atoms with Gasteiger partial charge >= 0.3 is 12.6 Å². The number of nitrogens with zero attached hydrogens (tertiary/aromatic N) is 2. The lowest BCUT2D eigenvalue weighted by atomic mass is 10.1. The van der Waals surface area contributed by atoms with E-state index in [1.165, 1.54) is 6.92 Å². The first kappa shape index (κ1) is 16.0. The van der Waals surface area contributed by atoms with E-state index in [-0.39, 0.29) is 16.4 Å². The number of rotatable bonds is 4. The van der Waals surface area contributed by atoms with Crippen molar-refractivity contribution in [3.05, 3.63) is 40.6 Å². The number of carboxylic acid groups (broad SMARTS) is 1. The van der Waals surface area contributed by atoms with Gasteiger partial charge in [-0.15, -0.1) is 0 Å². The Hall–Kier alpha value is -2.35. The summed E-state index contributed by atoms with van der Waals surface area (Å²) in [7, 11) is 0. The highest BCUT2D eigenvalue weighted by molar-refractivity contribution is 6.31. The van der Waals surface area contributed by atoms with Gasteiger partial charge in [0.05, 0.1) is 28.2 Å². The van der Waals surface area contributed by atoms with Gasteiger partial charge in [-0.05, 0) is 19.1 Å². The van der Waals surface area contributed by atoms with Crippen molar-refractivity contribution < 1.29 is 27.8 Å². The van der Waals surface area contributed by atoms with Crippen LogP contribution in [0.2, 0.25) is 5.02 Å². The van der Waals surface area contributed by atoms with Crippen molar-refractivity contribution in [2.24, 2.45) is 0 Å². The molecule has 1 aromatic carbocycles. The summed E-state index contributed by atoms with van der Waals surface area (Å²) in [5.41, 5.74) is -1.10. The number of aromatic nitrogens is 2. The highest BCUT2D eigenvalue weighted by Crippen LogP contribution is 2.36. The van der Waals surface area contributed by atoms with Crippen LogP contribution >= 0.6 is 11.6 Å². The molecule has 5 nitrogen and oxygen atoms in total. The summed E-state index contributed by atoms with van der Waals surface area (Å²) in [4.78, 5) is 18.5. The highest BCUT2D eigenvalue weighted by atomic mass is 35.5. The van der Waals surface area contributed by atoms with Gasteiger partial charge in [0.1, 0.15) is 5.75 Å². The predicted octanol–water partition coefficient (Wildman–Crippen LogP) is 3.54. The number of hydrogen-bond donors (Lipinski definition) is 1. The van der Waals surface area contributed by atoms with E-state index in [4.69, 9.17) is 16.7 Å². The summed E-state index contributed by atoms with van der Waals surface area (Å²) in [6, 6.07) is 2.08. The summed E-state index contributed by atoms with van der Waals surface area (Å²) in [5, 5.41) is 8.65. The lowest BCUT2D eigenvalue weighted by Gasteiger charge is -2.12. The first-order valence-electron chi connectivity index (χ1n) is 5.81. The van der Waals surface area contributed by atoms with Gasteiger partial charge in [-0.1, -0.05) is 11.6 Å². The minimum atomic E-state index is -3.20. The monoisotopic (exact) mass is 332 g/mol. The number of benzene rings is 1. The van der Waals surface area contributed by atoms with Crippen LogP contribution in [0.4, 0.5) is 13.2 Å². The van der Waals surface area contributed by atoms with Crippen LogP contribution in [0.25, 0.3) is 11.3 Å². The second kappa shape index (κ2) is 6.18. The molecule has 22 heavy (non-hydrogen) atoms. The maximum absolute atomic E-state index is 14.2. The van der Waals surface area contributed by atoms with Crippen molar-refractivity contribution in [2.75, 3.05) is 0 Å². The number of aryl methyl sites for hydroxylation is 1. The summed E-state index contributed by atoms with van der Waals surface area (Å²) >= 11 is 5.62. The van der Waals surface area contributed by atoms with E-state index in [1.807, 2.05) is 0 Å². The molecule has 0 spiro atoms. The summed E-state index contributed by atoms with van der Waals surface area (Å²) in [5.74, 6) is -2.97. The zero-order chi connectivity index (χ0) is 16.4. The second-order valence-electron chi connectivity index (χ2n) is 4.11. The van der Waals surface area contributed by atoms with Gasteiger partial charge in [-0.3, -0.25) is 4.98 Å². The van der Waals surface area contributed by atoms with E-state index in [0.717, 1.165) is 18.3 Å². The lowest BCUT2D eigenvalue weighted by Crippen LogP contribution is -2.09. The fourth-order valence-corrected chi connectivity index (χ4v) is 1.90. The Morgan fingerprint density at radius 1 is 1.41 bits per heavy atom. The molecule has 0 unspecified atom stereocenters. The Kier molecular flexibility index (Phi) is 4.51. The number of halogens is 4. The molecule has 2 rings (SSSR count). The standard InChI is InChI=1S/C13H8ClF3N2O3/c1-5-11(12(20)21)19-7(4-18-5)9-8(22-13(16)17)3-2-6(14)10(9)15/h2-4,13H,1H3,(H,20,21). The van der Waals surface area contributed by atoms with E-state index in [2.05, 4.69) is 14.7 Å². The lowest BCUT2D eigenvalue weighted by molar-refractivity contribution is -0.0496. The van der Waals surface area contributed by atoms with Crippen LogP contribution in [-0.2, 0) is 0 Å². The fraction of sp³-hybridized carbons (Fsp3) is 0.154. The Bertz CT molecular complexity index is 741. The number of aromatic carboxylic acids is 1. The Morgan fingerprint density at radius 3 is 2.68 bits per heavy atom.